The Bertz CT molecular complexity index is 1120. The Kier molecular flexibility index (Phi) is 10.3. The number of carboxylic acids is 1. The number of amides is 1. The van der Waals surface area contributed by atoms with E-state index in [-0.39, 0.29) is 24.9 Å². The zero-order chi connectivity index (χ0) is 25.7. The summed E-state index contributed by atoms with van der Waals surface area (Å²) < 4.78 is 48.6. The molecular weight excluding hydrogens is 574 g/mol. The van der Waals surface area contributed by atoms with Crippen LogP contribution in [0.15, 0.2) is 22.7 Å². The van der Waals surface area contributed by atoms with Crippen molar-refractivity contribution in [1.29, 1.82) is 0 Å². The summed E-state index contributed by atoms with van der Waals surface area (Å²) in [5.41, 5.74) is 0.602. The van der Waals surface area contributed by atoms with Gasteiger partial charge >= 0.3 is 5.97 Å². The van der Waals surface area contributed by atoms with E-state index in [2.05, 4.69) is 21.2 Å². The number of piperidine rings is 2. The summed E-state index contributed by atoms with van der Waals surface area (Å²) >= 11 is 9.26. The maximum absolute atomic E-state index is 12.2. The van der Waals surface area contributed by atoms with E-state index in [9.17, 15) is 26.4 Å². The third-order valence-corrected chi connectivity index (χ3v) is 9.39. The summed E-state index contributed by atoms with van der Waals surface area (Å²) in [6.45, 7) is 1.28. The molecular formula is C20H29BrClN3O7S2. The minimum absolute atomic E-state index is 0.119. The lowest BCUT2D eigenvalue weighted by atomic mass is 9.99. The van der Waals surface area contributed by atoms with Crippen molar-refractivity contribution in [3.8, 4) is 0 Å². The predicted molar refractivity (Wildman–Crippen MR) is 134 cm³/mol. The molecule has 0 spiro atoms. The highest BCUT2D eigenvalue weighted by Crippen LogP contribution is 2.27. The number of benzene rings is 1. The molecule has 2 N–H and O–H groups in total. The van der Waals surface area contributed by atoms with Crippen LogP contribution >= 0.6 is 27.5 Å². The predicted octanol–water partition coefficient (Wildman–Crippen LogP) is 2.46. The molecule has 1 aromatic carbocycles. The second-order valence-electron chi connectivity index (χ2n) is 8.38. The largest absolute Gasteiger partial charge is 0.481 e. The second kappa shape index (κ2) is 12.1. The smallest absolute Gasteiger partial charge is 0.307 e. The van der Waals surface area contributed by atoms with Gasteiger partial charge in [0.1, 0.15) is 0 Å². The van der Waals surface area contributed by atoms with Gasteiger partial charge in [-0.1, -0.05) is 11.6 Å². The number of nitrogens with zero attached hydrogens (tertiary/aromatic N) is 2. The van der Waals surface area contributed by atoms with Crippen LogP contribution in [0.4, 0.5) is 5.69 Å². The summed E-state index contributed by atoms with van der Waals surface area (Å²) in [6, 6.07) is 5.15. The molecule has 2 aliphatic rings. The van der Waals surface area contributed by atoms with Crippen LogP contribution in [-0.2, 0) is 29.6 Å². The van der Waals surface area contributed by atoms with Crippen molar-refractivity contribution in [1.82, 2.24) is 8.61 Å². The monoisotopic (exact) mass is 601 g/mol. The molecule has 2 atom stereocenters. The van der Waals surface area contributed by atoms with E-state index in [1.165, 1.54) is 14.9 Å². The van der Waals surface area contributed by atoms with Gasteiger partial charge in [0.2, 0.25) is 26.0 Å². The number of aliphatic carboxylic acids is 1. The minimum atomic E-state index is -3.25. The molecule has 3 rings (SSSR count). The van der Waals surface area contributed by atoms with Crippen molar-refractivity contribution in [3.05, 3.63) is 27.7 Å². The molecule has 2 saturated heterocycles. The van der Waals surface area contributed by atoms with Gasteiger partial charge in [0.05, 0.1) is 29.4 Å². The maximum atomic E-state index is 12.2. The second-order valence-corrected chi connectivity index (χ2v) is 13.6. The number of anilines is 1. The van der Waals surface area contributed by atoms with Gasteiger partial charge in [0.15, 0.2) is 0 Å². The van der Waals surface area contributed by atoms with Gasteiger partial charge in [-0.3, -0.25) is 9.59 Å². The van der Waals surface area contributed by atoms with Crippen molar-refractivity contribution in [3.63, 3.8) is 0 Å². The number of nitrogens with one attached hydrogen (secondary N) is 1. The summed E-state index contributed by atoms with van der Waals surface area (Å²) in [4.78, 5) is 22.9. The minimum Gasteiger partial charge on any atom is -0.481 e. The van der Waals surface area contributed by atoms with Crippen molar-refractivity contribution in [2.45, 2.75) is 25.7 Å². The molecule has 2 heterocycles. The van der Waals surface area contributed by atoms with Gasteiger partial charge in [-0.05, 0) is 59.8 Å². The van der Waals surface area contributed by atoms with E-state index >= 15 is 0 Å². The molecule has 0 aromatic heterocycles. The molecule has 10 nitrogen and oxygen atoms in total. The van der Waals surface area contributed by atoms with Crippen LogP contribution in [0.1, 0.15) is 25.7 Å². The molecule has 0 saturated carbocycles. The summed E-state index contributed by atoms with van der Waals surface area (Å²) in [7, 11) is -6.47. The topological polar surface area (TPSA) is 141 Å². The lowest BCUT2D eigenvalue weighted by molar-refractivity contribution is -0.142. The average molecular weight is 603 g/mol. The first kappa shape index (κ1) is 29.0. The lowest BCUT2D eigenvalue weighted by Gasteiger charge is -2.30. The lowest BCUT2D eigenvalue weighted by Crippen LogP contribution is -2.43. The van der Waals surface area contributed by atoms with E-state index in [0.29, 0.717) is 49.5 Å². The summed E-state index contributed by atoms with van der Waals surface area (Å²) in [5, 5.41) is 12.0. The average Bonchev–Trinajstić information content (AvgIpc) is 2.76. The Hall–Kier alpha value is -1.25. The normalized spacial score (nSPS) is 22.4. The first-order chi connectivity index (χ1) is 15.7. The molecule has 0 aliphatic carbocycles. The molecule has 2 fully saturated rings. The van der Waals surface area contributed by atoms with Crippen LogP contribution in [0.3, 0.4) is 0 Å². The van der Waals surface area contributed by atoms with Crippen molar-refractivity contribution in [2.75, 3.05) is 44.0 Å². The van der Waals surface area contributed by atoms with Crippen LogP contribution in [0.25, 0.3) is 0 Å². The molecule has 0 bridgehead atoms. The maximum Gasteiger partial charge on any atom is 0.307 e. The van der Waals surface area contributed by atoms with Gasteiger partial charge in [-0.2, -0.15) is 0 Å². The van der Waals surface area contributed by atoms with E-state index < -0.39 is 31.9 Å². The molecule has 14 heteroatoms. The number of halogens is 2. The molecule has 1 aromatic rings. The Balaban J connectivity index is 0.000000270. The molecule has 192 valence electrons. The summed E-state index contributed by atoms with van der Waals surface area (Å²) in [6.07, 6.45) is 4.85. The molecule has 34 heavy (non-hydrogen) atoms. The third kappa shape index (κ3) is 8.76. The van der Waals surface area contributed by atoms with Gasteiger partial charge in [-0.25, -0.2) is 25.4 Å². The fourth-order valence-electron chi connectivity index (χ4n) is 3.72. The zero-order valence-corrected chi connectivity index (χ0v) is 22.9. The molecule has 2 aliphatic heterocycles. The van der Waals surface area contributed by atoms with E-state index in [1.807, 2.05) is 0 Å². The molecule has 1 amide bonds. The van der Waals surface area contributed by atoms with Crippen LogP contribution in [0.2, 0.25) is 5.02 Å². The Morgan fingerprint density at radius 2 is 1.50 bits per heavy atom. The fraction of sp³-hybridized carbons (Fsp3) is 0.600. The number of carbonyl (C=O) groups excluding carboxylic acids is 1. The van der Waals surface area contributed by atoms with Crippen molar-refractivity contribution < 1.29 is 31.5 Å². The number of rotatable bonds is 5. The highest BCUT2D eigenvalue weighted by molar-refractivity contribution is 9.10. The highest BCUT2D eigenvalue weighted by Gasteiger charge is 2.31. The van der Waals surface area contributed by atoms with Gasteiger partial charge in [-0.15, -0.1) is 0 Å². The Morgan fingerprint density at radius 1 is 1.00 bits per heavy atom. The van der Waals surface area contributed by atoms with E-state index in [1.54, 1.807) is 18.2 Å². The van der Waals surface area contributed by atoms with Gasteiger partial charge in [0, 0.05) is 36.3 Å². The fourth-order valence-corrected chi connectivity index (χ4v) is 5.97. The first-order valence-electron chi connectivity index (χ1n) is 10.6. The van der Waals surface area contributed by atoms with Crippen LogP contribution in [-0.4, -0.2) is 81.1 Å². The highest BCUT2D eigenvalue weighted by atomic mass is 79.9. The van der Waals surface area contributed by atoms with Crippen LogP contribution < -0.4 is 5.32 Å². The van der Waals surface area contributed by atoms with Gasteiger partial charge in [0.25, 0.3) is 0 Å². The number of hydrogen-bond acceptors (Lipinski definition) is 6. The zero-order valence-electron chi connectivity index (χ0n) is 18.9. The number of carbonyl (C=O) groups is 2. The Morgan fingerprint density at radius 3 is 1.97 bits per heavy atom. The SMILES string of the molecule is CS(=O)(=O)N1CCC[C@H](C(=O)Nc2ccc(Br)c(Cl)c2)C1.CS(=O)(=O)N1CCC[C@H](C(=O)O)C1. The molecule has 0 unspecified atom stereocenters. The standard InChI is InChI=1S/C13H16BrClN2O3S.C7H13NO4S/c1-21(19,20)17-6-2-3-9(8-17)13(18)16-10-4-5-11(14)12(15)7-10;1-13(11,12)8-4-2-3-6(5-8)7(9)10/h4-5,7,9H,2-3,6,8H2,1H3,(H,16,18);6H,2-5H2,1H3,(H,9,10)/t9-;6-/m00/s1. The van der Waals surface area contributed by atoms with Crippen LogP contribution in [0.5, 0.6) is 0 Å². The van der Waals surface area contributed by atoms with Crippen molar-refractivity contribution >= 4 is 65.1 Å². The third-order valence-electron chi connectivity index (χ3n) is 5.61. The quantitative estimate of drug-likeness (QED) is 0.527. The molecule has 0 radical (unpaired) electrons. The number of sulfonamides is 2. The van der Waals surface area contributed by atoms with Crippen molar-refractivity contribution in [2.24, 2.45) is 11.8 Å². The number of hydrogen-bond donors (Lipinski definition) is 2. The van der Waals surface area contributed by atoms with E-state index in [0.717, 1.165) is 10.7 Å². The first-order valence-corrected chi connectivity index (χ1v) is 15.4. The van der Waals surface area contributed by atoms with Gasteiger partial charge < -0.3 is 10.4 Å². The summed E-state index contributed by atoms with van der Waals surface area (Å²) in [5.74, 6) is -1.96. The van der Waals surface area contributed by atoms with E-state index in [4.69, 9.17) is 16.7 Å². The number of carboxylic acid groups (broad SMARTS) is 1. The van der Waals surface area contributed by atoms with Crippen LogP contribution in [0, 0.1) is 11.8 Å². The Labute approximate surface area is 213 Å².